The Morgan fingerprint density at radius 2 is 1.85 bits per heavy atom. The highest BCUT2D eigenvalue weighted by atomic mass is 16.5. The Bertz CT molecular complexity index is 1040. The van der Waals surface area contributed by atoms with Crippen molar-refractivity contribution in [3.05, 3.63) is 65.0 Å². The molecule has 1 N–H and O–H groups in total. The summed E-state index contributed by atoms with van der Waals surface area (Å²) in [5, 5.41) is 9.00. The van der Waals surface area contributed by atoms with Crippen LogP contribution in [0.3, 0.4) is 0 Å². The smallest absolute Gasteiger partial charge is 0.307 e. The third-order valence-corrected chi connectivity index (χ3v) is 4.10. The second kappa shape index (κ2) is 8.27. The van der Waals surface area contributed by atoms with Gasteiger partial charge in [0.15, 0.2) is 0 Å². The van der Waals surface area contributed by atoms with E-state index in [0.717, 1.165) is 21.0 Å². The molecule has 3 rings (SSSR count). The molecule has 1 aromatic heterocycles. The van der Waals surface area contributed by atoms with E-state index >= 15 is 0 Å². The number of nitrogens with zero attached hydrogens (tertiary/aromatic N) is 2. The Balaban J connectivity index is 1.81. The molecule has 7 heteroatoms. The summed E-state index contributed by atoms with van der Waals surface area (Å²) in [7, 11) is 1.28. The zero-order chi connectivity index (χ0) is 19.2. The van der Waals surface area contributed by atoms with Gasteiger partial charge in [-0.15, -0.1) is 0 Å². The third-order valence-electron chi connectivity index (χ3n) is 4.10. The van der Waals surface area contributed by atoms with Gasteiger partial charge >= 0.3 is 5.97 Å². The largest absolute Gasteiger partial charge is 0.469 e. The number of esters is 1. The lowest BCUT2D eigenvalue weighted by Gasteiger charge is -2.09. The predicted molar refractivity (Wildman–Crippen MR) is 101 cm³/mol. The van der Waals surface area contributed by atoms with Gasteiger partial charge in [0.2, 0.25) is 5.91 Å². The molecule has 0 radical (unpaired) electrons. The van der Waals surface area contributed by atoms with Gasteiger partial charge in [-0.1, -0.05) is 42.5 Å². The zero-order valence-electron chi connectivity index (χ0n) is 14.8. The highest BCUT2D eigenvalue weighted by Crippen LogP contribution is 2.26. The number of fused-ring (bicyclic) bond motifs is 1. The van der Waals surface area contributed by atoms with Crippen LogP contribution in [0.5, 0.6) is 0 Å². The summed E-state index contributed by atoms with van der Waals surface area (Å²) in [6.07, 6.45) is 0.0701. The van der Waals surface area contributed by atoms with Crippen LogP contribution in [0.4, 0.5) is 0 Å². The Morgan fingerprint density at radius 1 is 1.07 bits per heavy atom. The minimum absolute atomic E-state index is 0.0701. The van der Waals surface area contributed by atoms with Crippen LogP contribution in [0, 0.1) is 0 Å². The van der Waals surface area contributed by atoms with Crippen molar-refractivity contribution in [1.82, 2.24) is 15.1 Å². The molecule has 0 aliphatic carbocycles. The van der Waals surface area contributed by atoms with Gasteiger partial charge in [0.25, 0.3) is 5.56 Å². The molecule has 0 atom stereocenters. The first kappa shape index (κ1) is 18.3. The van der Waals surface area contributed by atoms with Crippen LogP contribution >= 0.6 is 0 Å². The number of nitrogens with one attached hydrogen (secondary N) is 1. The fourth-order valence-electron chi connectivity index (χ4n) is 2.75. The molecule has 1 amide bonds. The number of hydrogen-bond acceptors (Lipinski definition) is 5. The van der Waals surface area contributed by atoms with E-state index in [9.17, 15) is 14.4 Å². The number of carbonyl (C=O) groups is 2. The maximum atomic E-state index is 12.1. The minimum Gasteiger partial charge on any atom is -0.469 e. The number of ether oxygens (including phenoxy) is 1. The van der Waals surface area contributed by atoms with E-state index in [2.05, 4.69) is 15.2 Å². The third kappa shape index (κ3) is 4.38. The molecule has 0 fully saturated rings. The maximum absolute atomic E-state index is 12.1. The van der Waals surface area contributed by atoms with Gasteiger partial charge in [-0.25, -0.2) is 4.68 Å². The summed E-state index contributed by atoms with van der Waals surface area (Å²) in [5.74, 6) is -0.813. The van der Waals surface area contributed by atoms with Crippen molar-refractivity contribution in [3.8, 4) is 11.3 Å². The molecular formula is C20H19N3O4. The van der Waals surface area contributed by atoms with Gasteiger partial charge in [-0.3, -0.25) is 14.4 Å². The molecule has 0 spiro atoms. The standard InChI is InChI=1S/C20H19N3O4/c1-27-20(26)11-12-21-18(24)13-23-19(25)10-9-17(22-23)16-8-4-6-14-5-2-3-7-15(14)16/h2-10H,11-13H2,1H3,(H,21,24). The fourth-order valence-corrected chi connectivity index (χ4v) is 2.75. The number of rotatable bonds is 6. The first-order chi connectivity index (χ1) is 13.1. The maximum Gasteiger partial charge on any atom is 0.307 e. The van der Waals surface area contributed by atoms with Crippen molar-refractivity contribution in [2.45, 2.75) is 13.0 Å². The van der Waals surface area contributed by atoms with E-state index in [0.29, 0.717) is 5.69 Å². The molecule has 138 valence electrons. The average Bonchev–Trinajstić information content (AvgIpc) is 2.69. The molecule has 27 heavy (non-hydrogen) atoms. The summed E-state index contributed by atoms with van der Waals surface area (Å²) in [6, 6.07) is 16.8. The molecule has 1 heterocycles. The Kier molecular flexibility index (Phi) is 5.61. The fraction of sp³-hybridized carbons (Fsp3) is 0.200. The number of carbonyl (C=O) groups excluding carboxylic acids is 2. The molecule has 7 nitrogen and oxygen atoms in total. The van der Waals surface area contributed by atoms with Crippen LogP contribution in [-0.4, -0.2) is 35.3 Å². The molecule has 0 aliphatic rings. The molecule has 0 saturated carbocycles. The normalized spacial score (nSPS) is 10.6. The highest BCUT2D eigenvalue weighted by Gasteiger charge is 2.10. The van der Waals surface area contributed by atoms with Crippen LogP contribution < -0.4 is 10.9 Å². The van der Waals surface area contributed by atoms with Crippen LogP contribution in [0.1, 0.15) is 6.42 Å². The second-order valence-electron chi connectivity index (χ2n) is 5.92. The van der Waals surface area contributed by atoms with Gasteiger partial charge in [0.1, 0.15) is 6.54 Å². The van der Waals surface area contributed by atoms with Crippen molar-refractivity contribution in [2.75, 3.05) is 13.7 Å². The van der Waals surface area contributed by atoms with Gasteiger partial charge in [-0.2, -0.15) is 5.10 Å². The van der Waals surface area contributed by atoms with Gasteiger partial charge in [0, 0.05) is 18.2 Å². The predicted octanol–water partition coefficient (Wildman–Crippen LogP) is 1.74. The summed E-state index contributed by atoms with van der Waals surface area (Å²) in [4.78, 5) is 35.2. The van der Waals surface area contributed by atoms with Gasteiger partial charge < -0.3 is 10.1 Å². The van der Waals surface area contributed by atoms with E-state index in [1.165, 1.54) is 13.2 Å². The van der Waals surface area contributed by atoms with Crippen molar-refractivity contribution in [1.29, 1.82) is 0 Å². The molecule has 0 unspecified atom stereocenters. The zero-order valence-corrected chi connectivity index (χ0v) is 14.8. The van der Waals surface area contributed by atoms with E-state index < -0.39 is 11.9 Å². The quantitative estimate of drug-likeness (QED) is 0.672. The Morgan fingerprint density at radius 3 is 2.67 bits per heavy atom. The molecule has 2 aromatic carbocycles. The van der Waals surface area contributed by atoms with E-state index in [1.807, 2.05) is 42.5 Å². The number of amides is 1. The average molecular weight is 365 g/mol. The van der Waals surface area contributed by atoms with E-state index in [-0.39, 0.29) is 25.1 Å². The molecular weight excluding hydrogens is 346 g/mol. The molecule has 3 aromatic rings. The number of hydrogen-bond donors (Lipinski definition) is 1. The summed E-state index contributed by atoms with van der Waals surface area (Å²) >= 11 is 0. The Labute approximate surface area is 155 Å². The van der Waals surface area contributed by atoms with E-state index in [4.69, 9.17) is 0 Å². The lowest BCUT2D eigenvalue weighted by molar-refractivity contribution is -0.140. The van der Waals surface area contributed by atoms with Crippen molar-refractivity contribution < 1.29 is 14.3 Å². The van der Waals surface area contributed by atoms with Crippen LogP contribution in [0.15, 0.2) is 59.4 Å². The summed E-state index contributed by atoms with van der Waals surface area (Å²) in [5.41, 5.74) is 1.11. The van der Waals surface area contributed by atoms with Crippen LogP contribution in [-0.2, 0) is 20.9 Å². The molecule has 0 aliphatic heterocycles. The van der Waals surface area contributed by atoms with Crippen molar-refractivity contribution >= 4 is 22.6 Å². The van der Waals surface area contributed by atoms with Crippen LogP contribution in [0.25, 0.3) is 22.0 Å². The van der Waals surface area contributed by atoms with E-state index in [1.54, 1.807) is 6.07 Å². The number of aromatic nitrogens is 2. The Hall–Kier alpha value is -3.48. The summed E-state index contributed by atoms with van der Waals surface area (Å²) in [6.45, 7) is -0.0815. The topological polar surface area (TPSA) is 90.3 Å². The van der Waals surface area contributed by atoms with Crippen LogP contribution in [0.2, 0.25) is 0 Å². The second-order valence-corrected chi connectivity index (χ2v) is 5.92. The number of methoxy groups -OCH3 is 1. The minimum atomic E-state index is -0.413. The first-order valence-electron chi connectivity index (χ1n) is 8.48. The first-order valence-corrected chi connectivity index (χ1v) is 8.48. The van der Waals surface area contributed by atoms with Crippen molar-refractivity contribution in [2.24, 2.45) is 0 Å². The molecule has 0 bridgehead atoms. The SMILES string of the molecule is COC(=O)CCNC(=O)Cn1nc(-c2cccc3ccccc23)ccc1=O. The summed E-state index contributed by atoms with van der Waals surface area (Å²) < 4.78 is 5.63. The van der Waals surface area contributed by atoms with Gasteiger partial charge in [0.05, 0.1) is 19.2 Å². The van der Waals surface area contributed by atoms with Gasteiger partial charge in [-0.05, 0) is 16.8 Å². The lowest BCUT2D eigenvalue weighted by atomic mass is 10.0. The number of benzene rings is 2. The highest BCUT2D eigenvalue weighted by molar-refractivity contribution is 5.95. The van der Waals surface area contributed by atoms with Crippen molar-refractivity contribution in [3.63, 3.8) is 0 Å². The monoisotopic (exact) mass is 365 g/mol. The molecule has 0 saturated heterocycles. The lowest BCUT2D eigenvalue weighted by Crippen LogP contribution is -2.34.